The van der Waals surface area contributed by atoms with E-state index in [0.717, 1.165) is 53.8 Å². The van der Waals surface area contributed by atoms with E-state index in [0.29, 0.717) is 0 Å². The van der Waals surface area contributed by atoms with Gasteiger partial charge in [-0.1, -0.05) is 49.4 Å². The molecule has 1 aliphatic heterocycles. The van der Waals surface area contributed by atoms with Crippen LogP contribution in [0.1, 0.15) is 31.2 Å². The zero-order valence-electron chi connectivity index (χ0n) is 16.3. The monoisotopic (exact) mass is 371 g/mol. The third-order valence-electron chi connectivity index (χ3n) is 5.88. The number of para-hydroxylation sites is 1. The summed E-state index contributed by atoms with van der Waals surface area (Å²) >= 11 is 0. The van der Waals surface area contributed by atoms with Gasteiger partial charge in [0.25, 0.3) is 0 Å². The fourth-order valence-electron chi connectivity index (χ4n) is 4.34. The van der Waals surface area contributed by atoms with Gasteiger partial charge in [-0.05, 0) is 42.9 Å². The van der Waals surface area contributed by atoms with Crippen molar-refractivity contribution in [3.8, 4) is 0 Å². The van der Waals surface area contributed by atoms with Crippen molar-refractivity contribution < 1.29 is 0 Å². The van der Waals surface area contributed by atoms with Gasteiger partial charge in [0.05, 0.1) is 5.52 Å². The summed E-state index contributed by atoms with van der Waals surface area (Å²) in [6.07, 6.45) is 4.39. The summed E-state index contributed by atoms with van der Waals surface area (Å²) in [6.45, 7) is 4.18. The highest BCUT2D eigenvalue weighted by atomic mass is 15.4. The Balaban J connectivity index is 1.45. The highest BCUT2D eigenvalue weighted by Crippen LogP contribution is 2.28. The van der Waals surface area contributed by atoms with E-state index in [1.165, 1.54) is 24.8 Å². The second kappa shape index (κ2) is 7.23. The molecular weight excluding hydrogens is 346 g/mol. The van der Waals surface area contributed by atoms with E-state index >= 15 is 0 Å². The molecule has 5 rings (SSSR count). The zero-order chi connectivity index (χ0) is 18.9. The maximum atomic E-state index is 5.03. The van der Waals surface area contributed by atoms with Crippen LogP contribution in [0.25, 0.3) is 16.6 Å². The molecule has 2 aromatic heterocycles. The van der Waals surface area contributed by atoms with Gasteiger partial charge in [-0.2, -0.15) is 0 Å². The number of hydrogen-bond donors (Lipinski definition) is 0. The van der Waals surface area contributed by atoms with E-state index in [9.17, 15) is 0 Å². The van der Waals surface area contributed by atoms with Gasteiger partial charge in [-0.25, -0.2) is 9.38 Å². The lowest BCUT2D eigenvalue weighted by molar-refractivity contribution is 0.400. The Hall–Kier alpha value is -2.95. The number of aromatic nitrogens is 4. The predicted molar refractivity (Wildman–Crippen MR) is 113 cm³/mol. The molecule has 2 aromatic carbocycles. The maximum absolute atomic E-state index is 5.03. The molecule has 4 aromatic rings. The number of nitrogens with zero attached hydrogens (tertiary/aromatic N) is 5. The standard InChI is InChI=1S/C23H25N5/c1-2-21-25-26-22-19-10-6-7-11-20(19)24-23(28(21)22)27-14-12-18(13-15-27)16-17-8-4-3-5-9-17/h3-11,18H,2,12-16H2,1H3. The highest BCUT2D eigenvalue weighted by Gasteiger charge is 2.24. The Kier molecular flexibility index (Phi) is 4.43. The van der Waals surface area contributed by atoms with E-state index in [1.807, 2.05) is 12.1 Å². The number of hydrogen-bond acceptors (Lipinski definition) is 4. The van der Waals surface area contributed by atoms with Crippen molar-refractivity contribution in [2.24, 2.45) is 5.92 Å². The SMILES string of the molecule is CCc1nnc2c3ccccc3nc(N3CCC(Cc4ccccc4)CC3)n12. The molecule has 3 heterocycles. The molecule has 5 nitrogen and oxygen atoms in total. The molecule has 28 heavy (non-hydrogen) atoms. The minimum absolute atomic E-state index is 0.737. The molecule has 0 amide bonds. The molecule has 1 aliphatic rings. The number of benzene rings is 2. The highest BCUT2D eigenvalue weighted by molar-refractivity contribution is 5.92. The summed E-state index contributed by atoms with van der Waals surface area (Å²) in [6, 6.07) is 19.1. The van der Waals surface area contributed by atoms with Crippen LogP contribution in [0, 0.1) is 5.92 Å². The molecule has 1 saturated heterocycles. The first-order valence-corrected chi connectivity index (χ1v) is 10.2. The van der Waals surface area contributed by atoms with Crippen LogP contribution in [-0.2, 0) is 12.8 Å². The van der Waals surface area contributed by atoms with Gasteiger partial charge >= 0.3 is 0 Å². The molecule has 0 unspecified atom stereocenters. The Morgan fingerprint density at radius 2 is 1.68 bits per heavy atom. The number of aryl methyl sites for hydroxylation is 1. The number of anilines is 1. The van der Waals surface area contributed by atoms with Crippen molar-refractivity contribution in [3.63, 3.8) is 0 Å². The fourth-order valence-corrected chi connectivity index (χ4v) is 4.34. The molecule has 5 heteroatoms. The van der Waals surface area contributed by atoms with Crippen molar-refractivity contribution in [2.45, 2.75) is 32.6 Å². The van der Waals surface area contributed by atoms with Crippen LogP contribution in [0.3, 0.4) is 0 Å². The number of rotatable bonds is 4. The molecular formula is C23H25N5. The van der Waals surface area contributed by atoms with Crippen molar-refractivity contribution in [3.05, 3.63) is 66.0 Å². The first kappa shape index (κ1) is 17.2. The molecule has 0 atom stereocenters. The number of fused-ring (bicyclic) bond motifs is 3. The van der Waals surface area contributed by atoms with Crippen molar-refractivity contribution >= 4 is 22.5 Å². The Bertz CT molecular complexity index is 1090. The average molecular weight is 371 g/mol. The minimum Gasteiger partial charge on any atom is -0.342 e. The number of piperidine rings is 1. The zero-order valence-corrected chi connectivity index (χ0v) is 16.3. The molecule has 0 N–H and O–H groups in total. The van der Waals surface area contributed by atoms with Gasteiger partial charge in [0.2, 0.25) is 5.95 Å². The third kappa shape index (κ3) is 3.01. The molecule has 0 saturated carbocycles. The van der Waals surface area contributed by atoms with Crippen LogP contribution < -0.4 is 4.90 Å². The van der Waals surface area contributed by atoms with Crippen LogP contribution in [0.4, 0.5) is 5.95 Å². The fraction of sp³-hybridized carbons (Fsp3) is 0.348. The van der Waals surface area contributed by atoms with Crippen LogP contribution in [0.15, 0.2) is 54.6 Å². The summed E-state index contributed by atoms with van der Waals surface area (Å²) in [7, 11) is 0. The first-order chi connectivity index (χ1) is 13.8. The molecule has 0 spiro atoms. The Morgan fingerprint density at radius 1 is 0.929 bits per heavy atom. The van der Waals surface area contributed by atoms with E-state index in [1.54, 1.807) is 0 Å². The van der Waals surface area contributed by atoms with Gasteiger partial charge in [0.15, 0.2) is 5.65 Å². The quantitative estimate of drug-likeness (QED) is 0.537. The van der Waals surface area contributed by atoms with Gasteiger partial charge in [0, 0.05) is 24.9 Å². The maximum Gasteiger partial charge on any atom is 0.213 e. The predicted octanol–water partition coefficient (Wildman–Crippen LogP) is 4.30. The third-order valence-corrected chi connectivity index (χ3v) is 5.88. The molecule has 0 radical (unpaired) electrons. The van der Waals surface area contributed by atoms with Crippen molar-refractivity contribution in [2.75, 3.05) is 18.0 Å². The molecule has 0 aliphatic carbocycles. The average Bonchev–Trinajstić information content (AvgIpc) is 3.19. The Labute approximate surface area is 165 Å². The lowest BCUT2D eigenvalue weighted by Crippen LogP contribution is -2.36. The lowest BCUT2D eigenvalue weighted by Gasteiger charge is -2.33. The van der Waals surface area contributed by atoms with E-state index in [-0.39, 0.29) is 0 Å². The largest absolute Gasteiger partial charge is 0.342 e. The van der Waals surface area contributed by atoms with Crippen molar-refractivity contribution in [1.82, 2.24) is 19.6 Å². The van der Waals surface area contributed by atoms with Crippen LogP contribution in [0.5, 0.6) is 0 Å². The van der Waals surface area contributed by atoms with E-state index < -0.39 is 0 Å². The summed E-state index contributed by atoms with van der Waals surface area (Å²) in [5.41, 5.74) is 3.36. The minimum atomic E-state index is 0.737. The van der Waals surface area contributed by atoms with Crippen LogP contribution in [0.2, 0.25) is 0 Å². The van der Waals surface area contributed by atoms with Crippen molar-refractivity contribution in [1.29, 1.82) is 0 Å². The topological polar surface area (TPSA) is 46.3 Å². The molecule has 1 fully saturated rings. The van der Waals surface area contributed by atoms with Gasteiger partial charge < -0.3 is 4.90 Å². The molecule has 142 valence electrons. The van der Waals surface area contributed by atoms with Gasteiger partial charge in [-0.3, -0.25) is 0 Å². The van der Waals surface area contributed by atoms with Gasteiger partial charge in [0.1, 0.15) is 5.82 Å². The summed E-state index contributed by atoms with van der Waals surface area (Å²) in [5.74, 6) is 2.71. The smallest absolute Gasteiger partial charge is 0.213 e. The first-order valence-electron chi connectivity index (χ1n) is 10.2. The summed E-state index contributed by atoms with van der Waals surface area (Å²) in [4.78, 5) is 7.45. The summed E-state index contributed by atoms with van der Waals surface area (Å²) < 4.78 is 2.17. The second-order valence-electron chi connectivity index (χ2n) is 7.68. The van der Waals surface area contributed by atoms with Gasteiger partial charge in [-0.15, -0.1) is 10.2 Å². The van der Waals surface area contributed by atoms with E-state index in [4.69, 9.17) is 4.98 Å². The van der Waals surface area contributed by atoms with Crippen LogP contribution >= 0.6 is 0 Å². The molecule has 0 bridgehead atoms. The van der Waals surface area contributed by atoms with E-state index in [2.05, 4.69) is 68.9 Å². The van der Waals surface area contributed by atoms with Crippen LogP contribution in [-0.4, -0.2) is 32.7 Å². The Morgan fingerprint density at radius 3 is 2.46 bits per heavy atom. The summed E-state index contributed by atoms with van der Waals surface area (Å²) in [5, 5.41) is 9.99. The normalized spacial score (nSPS) is 15.5. The second-order valence-corrected chi connectivity index (χ2v) is 7.68. The lowest BCUT2D eigenvalue weighted by atomic mass is 9.90.